The van der Waals surface area contributed by atoms with E-state index in [4.69, 9.17) is 9.15 Å². The van der Waals surface area contributed by atoms with E-state index in [2.05, 4.69) is 25.7 Å². The molecule has 8 nitrogen and oxygen atoms in total. The molecule has 0 saturated carbocycles. The van der Waals surface area contributed by atoms with Gasteiger partial charge in [-0.25, -0.2) is 4.99 Å². The van der Waals surface area contributed by atoms with Gasteiger partial charge in [-0.05, 0) is 37.6 Å². The number of ether oxygens (including phenoxy) is 2. The van der Waals surface area contributed by atoms with E-state index in [0.29, 0.717) is 36.2 Å². The first-order valence-corrected chi connectivity index (χ1v) is 10.0. The van der Waals surface area contributed by atoms with E-state index in [1.54, 1.807) is 24.3 Å². The summed E-state index contributed by atoms with van der Waals surface area (Å²) in [7, 11) is 0. The number of aliphatic imine (C=N–C) groups is 1. The first kappa shape index (κ1) is 27.5. The molecule has 0 bridgehead atoms. The van der Waals surface area contributed by atoms with Crippen LogP contribution in [0.2, 0.25) is 0 Å². The molecule has 178 valence electrons. The molecule has 32 heavy (non-hydrogen) atoms. The first-order chi connectivity index (χ1) is 15.0. The topological polar surface area (TPSA) is 97.1 Å². The molecule has 0 aliphatic heterocycles. The second kappa shape index (κ2) is 15.3. The summed E-state index contributed by atoms with van der Waals surface area (Å²) in [6.07, 6.45) is 2.33. The van der Waals surface area contributed by atoms with Crippen LogP contribution >= 0.6 is 24.0 Å². The number of nitrogens with one attached hydrogen (secondary N) is 3. The Morgan fingerprint density at radius 3 is 2.66 bits per heavy atom. The third-order valence-electron chi connectivity index (χ3n) is 3.94. The van der Waals surface area contributed by atoms with Crippen molar-refractivity contribution in [3.63, 3.8) is 0 Å². The van der Waals surface area contributed by atoms with Crippen LogP contribution in [0.3, 0.4) is 0 Å². The van der Waals surface area contributed by atoms with Crippen molar-refractivity contribution in [2.75, 3.05) is 19.7 Å². The molecule has 1 heterocycles. The number of halogens is 3. The number of carbonyl (C=O) groups excluding carboxylic acids is 1. The van der Waals surface area contributed by atoms with Crippen molar-refractivity contribution in [3.8, 4) is 11.5 Å². The first-order valence-electron chi connectivity index (χ1n) is 10.0. The fourth-order valence-electron chi connectivity index (χ4n) is 2.51. The van der Waals surface area contributed by atoms with Gasteiger partial charge in [0, 0.05) is 18.2 Å². The monoisotopic (exact) mass is 566 g/mol. The Hall–Kier alpha value is -2.57. The molecule has 2 aromatic rings. The summed E-state index contributed by atoms with van der Waals surface area (Å²) in [4.78, 5) is 16.4. The summed E-state index contributed by atoms with van der Waals surface area (Å²) in [6, 6.07) is 8.24. The molecule has 0 radical (unpaired) electrons. The highest BCUT2D eigenvalue weighted by atomic mass is 127. The number of alkyl halides is 2. The Balaban J connectivity index is 0.00000512. The molecule has 0 unspecified atom stereocenters. The van der Waals surface area contributed by atoms with Crippen molar-refractivity contribution >= 4 is 35.8 Å². The van der Waals surface area contributed by atoms with Gasteiger partial charge >= 0.3 is 6.61 Å². The van der Waals surface area contributed by atoms with Crippen molar-refractivity contribution in [3.05, 3.63) is 47.9 Å². The number of amides is 1. The maximum Gasteiger partial charge on any atom is 0.387 e. The fourth-order valence-corrected chi connectivity index (χ4v) is 2.51. The van der Waals surface area contributed by atoms with Gasteiger partial charge in [0.1, 0.15) is 17.3 Å². The summed E-state index contributed by atoms with van der Waals surface area (Å²) in [6.45, 7) is 2.23. The van der Waals surface area contributed by atoms with E-state index in [1.165, 1.54) is 12.3 Å². The van der Waals surface area contributed by atoms with Crippen LogP contribution in [0, 0.1) is 0 Å². The van der Waals surface area contributed by atoms with E-state index in [-0.39, 0.29) is 55.3 Å². The Bertz CT molecular complexity index is 835. The van der Waals surface area contributed by atoms with Crippen LogP contribution in [0.25, 0.3) is 0 Å². The van der Waals surface area contributed by atoms with Crippen molar-refractivity contribution in [2.24, 2.45) is 4.99 Å². The third kappa shape index (κ3) is 10.2. The maximum absolute atomic E-state index is 12.8. The Labute approximate surface area is 203 Å². The van der Waals surface area contributed by atoms with Crippen LogP contribution in [-0.4, -0.2) is 38.2 Å². The van der Waals surface area contributed by atoms with Crippen LogP contribution in [0.5, 0.6) is 11.5 Å². The SMILES string of the molecule is CCCOc1ccc(CN=C(NCC)NCC(=O)NCc2ccco2)c(OC(F)F)c1.I. The van der Waals surface area contributed by atoms with Crippen LogP contribution in [0.15, 0.2) is 46.0 Å². The predicted molar refractivity (Wildman–Crippen MR) is 128 cm³/mol. The summed E-state index contributed by atoms with van der Waals surface area (Å²) in [5, 5.41) is 8.62. The molecule has 11 heteroatoms. The number of carbonyl (C=O) groups is 1. The van der Waals surface area contributed by atoms with Crippen molar-refractivity contribution < 1.29 is 27.5 Å². The maximum atomic E-state index is 12.8. The zero-order valence-corrected chi connectivity index (χ0v) is 20.4. The van der Waals surface area contributed by atoms with Gasteiger partial charge < -0.3 is 29.8 Å². The smallest absolute Gasteiger partial charge is 0.387 e. The van der Waals surface area contributed by atoms with Crippen LogP contribution in [0.4, 0.5) is 8.78 Å². The summed E-state index contributed by atoms with van der Waals surface area (Å²) < 4.78 is 40.9. The van der Waals surface area contributed by atoms with Gasteiger partial charge in [-0.1, -0.05) is 6.92 Å². The van der Waals surface area contributed by atoms with Gasteiger partial charge in [-0.3, -0.25) is 4.79 Å². The van der Waals surface area contributed by atoms with Crippen LogP contribution in [0.1, 0.15) is 31.6 Å². The highest BCUT2D eigenvalue weighted by Gasteiger charge is 2.12. The highest BCUT2D eigenvalue weighted by Crippen LogP contribution is 2.27. The molecular weight excluding hydrogens is 537 g/mol. The van der Waals surface area contributed by atoms with E-state index in [0.717, 1.165) is 6.42 Å². The number of rotatable bonds is 12. The molecule has 0 aliphatic carbocycles. The van der Waals surface area contributed by atoms with Gasteiger partial charge in [0.15, 0.2) is 5.96 Å². The molecule has 2 rings (SSSR count). The zero-order valence-electron chi connectivity index (χ0n) is 18.0. The molecule has 0 spiro atoms. The molecule has 0 atom stereocenters. The third-order valence-corrected chi connectivity index (χ3v) is 3.94. The minimum Gasteiger partial charge on any atom is -0.493 e. The van der Waals surface area contributed by atoms with E-state index in [9.17, 15) is 13.6 Å². The second-order valence-electron chi connectivity index (χ2n) is 6.40. The van der Waals surface area contributed by atoms with Gasteiger partial charge in [0.2, 0.25) is 5.91 Å². The minimum atomic E-state index is -2.96. The lowest BCUT2D eigenvalue weighted by molar-refractivity contribution is -0.120. The molecule has 3 N–H and O–H groups in total. The number of nitrogens with zero attached hydrogens (tertiary/aromatic N) is 1. The standard InChI is InChI=1S/C21H28F2N4O4.HI/c1-3-9-29-16-8-7-15(18(11-16)31-20(22)23)12-26-21(24-4-2)27-14-19(28)25-13-17-6-5-10-30-17;/h5-8,10-11,20H,3-4,9,12-14H2,1-2H3,(H,25,28)(H2,24,26,27);1H. The van der Waals surface area contributed by atoms with Gasteiger partial charge in [0.25, 0.3) is 0 Å². The molecule has 0 saturated heterocycles. The van der Waals surface area contributed by atoms with Gasteiger partial charge in [0.05, 0.1) is 32.5 Å². The Kier molecular flexibility index (Phi) is 13.1. The van der Waals surface area contributed by atoms with E-state index < -0.39 is 6.61 Å². The number of hydrogen-bond acceptors (Lipinski definition) is 5. The number of benzene rings is 1. The minimum absolute atomic E-state index is 0. The molecule has 0 aliphatic rings. The van der Waals surface area contributed by atoms with Gasteiger partial charge in [-0.2, -0.15) is 8.78 Å². The van der Waals surface area contributed by atoms with Crippen molar-refractivity contribution in [1.82, 2.24) is 16.0 Å². The van der Waals surface area contributed by atoms with E-state index in [1.807, 2.05) is 13.8 Å². The quantitative estimate of drug-likeness (QED) is 0.206. The fraction of sp³-hybridized carbons (Fsp3) is 0.429. The Morgan fingerprint density at radius 2 is 2.00 bits per heavy atom. The number of furan rings is 1. The number of hydrogen-bond donors (Lipinski definition) is 3. The average Bonchev–Trinajstić information content (AvgIpc) is 3.27. The zero-order chi connectivity index (χ0) is 22.5. The summed E-state index contributed by atoms with van der Waals surface area (Å²) in [5.74, 6) is 1.21. The molecule has 1 aromatic heterocycles. The molecule has 0 fully saturated rings. The highest BCUT2D eigenvalue weighted by molar-refractivity contribution is 14.0. The summed E-state index contributed by atoms with van der Waals surface area (Å²) >= 11 is 0. The largest absolute Gasteiger partial charge is 0.493 e. The molecular formula is C21H29F2IN4O4. The van der Waals surface area contributed by atoms with Gasteiger partial charge in [-0.15, -0.1) is 24.0 Å². The Morgan fingerprint density at radius 1 is 1.19 bits per heavy atom. The lowest BCUT2D eigenvalue weighted by atomic mass is 10.2. The van der Waals surface area contributed by atoms with Crippen molar-refractivity contribution in [2.45, 2.75) is 40.0 Å². The average molecular weight is 566 g/mol. The van der Waals surface area contributed by atoms with Crippen LogP contribution < -0.4 is 25.4 Å². The lowest BCUT2D eigenvalue weighted by Crippen LogP contribution is -2.43. The molecule has 1 aromatic carbocycles. The molecule has 1 amide bonds. The van der Waals surface area contributed by atoms with E-state index >= 15 is 0 Å². The summed E-state index contributed by atoms with van der Waals surface area (Å²) in [5.41, 5.74) is 0.462. The normalized spacial score (nSPS) is 11.0. The second-order valence-corrected chi connectivity index (χ2v) is 6.40. The lowest BCUT2D eigenvalue weighted by Gasteiger charge is -2.14. The van der Waals surface area contributed by atoms with Crippen LogP contribution in [-0.2, 0) is 17.9 Å². The number of guanidine groups is 1. The van der Waals surface area contributed by atoms with Crippen molar-refractivity contribution in [1.29, 1.82) is 0 Å². The predicted octanol–water partition coefficient (Wildman–Crippen LogP) is 3.66.